The number of benzene rings is 1. The summed E-state index contributed by atoms with van der Waals surface area (Å²) in [6, 6.07) is 7.85. The summed E-state index contributed by atoms with van der Waals surface area (Å²) >= 11 is 0. The lowest BCUT2D eigenvalue weighted by molar-refractivity contribution is -0.121. The monoisotopic (exact) mass is 458 g/mol. The highest BCUT2D eigenvalue weighted by atomic mass is 32.2. The highest BCUT2D eigenvalue weighted by Gasteiger charge is 2.30. The molecule has 4 rings (SSSR count). The zero-order valence-corrected chi connectivity index (χ0v) is 18.6. The first kappa shape index (κ1) is 22.0. The fourth-order valence-corrected chi connectivity index (χ4v) is 4.43. The molecule has 0 spiro atoms. The Balaban J connectivity index is 1.30. The first-order valence-corrected chi connectivity index (χ1v) is 12.1. The zero-order chi connectivity index (χ0) is 22.7. The van der Waals surface area contributed by atoms with Crippen LogP contribution in [-0.4, -0.2) is 54.4 Å². The highest BCUT2D eigenvalue weighted by Crippen LogP contribution is 2.23. The molecule has 2 aliphatic rings. The van der Waals surface area contributed by atoms with E-state index >= 15 is 0 Å². The fraction of sp³-hybridized carbons (Fsp3) is 0.429. The van der Waals surface area contributed by atoms with Gasteiger partial charge in [-0.1, -0.05) is 0 Å². The molecule has 1 saturated carbocycles. The van der Waals surface area contributed by atoms with Gasteiger partial charge < -0.3 is 15.5 Å². The van der Waals surface area contributed by atoms with Gasteiger partial charge in [0.15, 0.2) is 0 Å². The van der Waals surface area contributed by atoms with Crippen molar-refractivity contribution in [2.75, 3.05) is 23.1 Å². The first-order valence-electron chi connectivity index (χ1n) is 10.6. The van der Waals surface area contributed by atoms with Crippen molar-refractivity contribution in [2.45, 2.75) is 43.5 Å². The molecule has 1 aliphatic heterocycles. The standard InChI is InChI=1S/C21H26N6O4S/c1-14-8-11-22-20(23-14)26-32(30,31)18-6-4-16(5-7-18)24-19(28)15-9-12-27(13-10-15)21(29)25-17-2-3-17/h4-8,11,15,17H,2-3,9-10,12-13H2,1H3,(H,24,28)(H,25,29)(H,22,23,26). The minimum absolute atomic E-state index is 0.000431. The number of hydrogen-bond acceptors (Lipinski definition) is 6. The number of piperidine rings is 1. The normalized spacial score (nSPS) is 17.0. The number of carbonyl (C=O) groups is 2. The van der Waals surface area contributed by atoms with Gasteiger partial charge in [0.2, 0.25) is 11.9 Å². The number of amides is 3. The van der Waals surface area contributed by atoms with Crippen LogP contribution in [0.2, 0.25) is 0 Å². The molecule has 1 saturated heterocycles. The van der Waals surface area contributed by atoms with Gasteiger partial charge in [-0.15, -0.1) is 0 Å². The second-order valence-electron chi connectivity index (χ2n) is 8.13. The number of rotatable bonds is 6. The number of aromatic nitrogens is 2. The van der Waals surface area contributed by atoms with Crippen molar-refractivity contribution in [3.8, 4) is 0 Å². The third kappa shape index (κ3) is 5.52. The number of likely N-dealkylation sites (tertiary alicyclic amines) is 1. The van der Waals surface area contributed by atoms with Crippen LogP contribution in [0.15, 0.2) is 41.4 Å². The lowest BCUT2D eigenvalue weighted by Gasteiger charge is -2.31. The zero-order valence-electron chi connectivity index (χ0n) is 17.7. The van der Waals surface area contributed by atoms with Gasteiger partial charge in [0.25, 0.3) is 10.0 Å². The molecule has 0 radical (unpaired) electrons. The van der Waals surface area contributed by atoms with Crippen molar-refractivity contribution >= 4 is 33.6 Å². The average molecular weight is 459 g/mol. The average Bonchev–Trinajstić information content (AvgIpc) is 3.58. The molecule has 11 heteroatoms. The number of aryl methyl sites for hydroxylation is 1. The Morgan fingerprint density at radius 3 is 2.34 bits per heavy atom. The lowest BCUT2D eigenvalue weighted by atomic mass is 9.96. The Hall–Kier alpha value is -3.21. The third-order valence-corrected chi connectivity index (χ3v) is 6.85. The molecule has 2 aromatic rings. The predicted octanol–water partition coefficient (Wildman–Crippen LogP) is 2.11. The Morgan fingerprint density at radius 2 is 1.72 bits per heavy atom. The van der Waals surface area contributed by atoms with Crippen LogP contribution in [0.4, 0.5) is 16.4 Å². The topological polar surface area (TPSA) is 133 Å². The van der Waals surface area contributed by atoms with Gasteiger partial charge in [-0.2, -0.15) is 0 Å². The van der Waals surface area contributed by atoms with Crippen molar-refractivity contribution in [3.63, 3.8) is 0 Å². The molecule has 2 heterocycles. The first-order chi connectivity index (χ1) is 15.3. The van der Waals surface area contributed by atoms with Gasteiger partial charge in [0.05, 0.1) is 4.90 Å². The number of hydrogen-bond donors (Lipinski definition) is 3. The van der Waals surface area contributed by atoms with Crippen LogP contribution in [-0.2, 0) is 14.8 Å². The summed E-state index contributed by atoms with van der Waals surface area (Å²) in [6.07, 6.45) is 4.75. The number of nitrogens with zero attached hydrogens (tertiary/aromatic N) is 3. The highest BCUT2D eigenvalue weighted by molar-refractivity contribution is 7.92. The van der Waals surface area contributed by atoms with E-state index in [0.29, 0.717) is 43.4 Å². The number of carbonyl (C=O) groups excluding carboxylic acids is 2. The van der Waals surface area contributed by atoms with E-state index in [2.05, 4.69) is 25.3 Å². The van der Waals surface area contributed by atoms with Gasteiger partial charge in [-0.25, -0.2) is 27.9 Å². The van der Waals surface area contributed by atoms with Crippen LogP contribution in [0.25, 0.3) is 0 Å². The SMILES string of the molecule is Cc1ccnc(NS(=O)(=O)c2ccc(NC(=O)C3CCN(C(=O)NC4CC4)CC3)cc2)n1. The van der Waals surface area contributed by atoms with E-state index in [1.165, 1.54) is 18.3 Å². The molecule has 2 fully saturated rings. The maximum atomic E-state index is 12.6. The summed E-state index contributed by atoms with van der Waals surface area (Å²) in [5.74, 6) is -0.322. The molecule has 0 unspecified atom stereocenters. The molecule has 3 amide bonds. The minimum atomic E-state index is -3.85. The van der Waals surface area contributed by atoms with E-state index in [-0.39, 0.29) is 28.7 Å². The molecule has 1 aromatic carbocycles. The smallest absolute Gasteiger partial charge is 0.317 e. The van der Waals surface area contributed by atoms with E-state index in [1.54, 1.807) is 30.0 Å². The maximum Gasteiger partial charge on any atom is 0.317 e. The molecule has 10 nitrogen and oxygen atoms in total. The molecule has 0 atom stereocenters. The molecule has 1 aliphatic carbocycles. The van der Waals surface area contributed by atoms with Crippen molar-refractivity contribution in [1.29, 1.82) is 0 Å². The summed E-state index contributed by atoms with van der Waals surface area (Å²) < 4.78 is 27.4. The summed E-state index contributed by atoms with van der Waals surface area (Å²) in [6.45, 7) is 2.82. The third-order valence-electron chi connectivity index (χ3n) is 5.51. The number of sulfonamides is 1. The van der Waals surface area contributed by atoms with Crippen molar-refractivity contribution < 1.29 is 18.0 Å². The molecular formula is C21H26N6O4S. The predicted molar refractivity (Wildman–Crippen MR) is 118 cm³/mol. The summed E-state index contributed by atoms with van der Waals surface area (Å²) in [4.78, 5) is 34.5. The molecular weight excluding hydrogens is 432 g/mol. The van der Waals surface area contributed by atoms with Crippen molar-refractivity contribution in [2.24, 2.45) is 5.92 Å². The second kappa shape index (κ2) is 9.11. The molecule has 0 bridgehead atoms. The minimum Gasteiger partial charge on any atom is -0.335 e. The molecule has 3 N–H and O–H groups in total. The van der Waals surface area contributed by atoms with Gasteiger partial charge in [0, 0.05) is 42.6 Å². The lowest BCUT2D eigenvalue weighted by Crippen LogP contribution is -2.46. The van der Waals surface area contributed by atoms with Gasteiger partial charge in [-0.3, -0.25) is 4.79 Å². The Morgan fingerprint density at radius 1 is 1.03 bits per heavy atom. The quantitative estimate of drug-likeness (QED) is 0.607. The van der Waals surface area contributed by atoms with Crippen LogP contribution in [0.3, 0.4) is 0 Å². The van der Waals surface area contributed by atoms with Crippen LogP contribution in [0.1, 0.15) is 31.4 Å². The summed E-state index contributed by atoms with van der Waals surface area (Å²) in [5, 5.41) is 5.80. The summed E-state index contributed by atoms with van der Waals surface area (Å²) in [7, 11) is -3.85. The van der Waals surface area contributed by atoms with Crippen LogP contribution < -0.4 is 15.4 Å². The second-order valence-corrected chi connectivity index (χ2v) is 9.81. The van der Waals surface area contributed by atoms with E-state index in [0.717, 1.165) is 12.8 Å². The molecule has 32 heavy (non-hydrogen) atoms. The van der Waals surface area contributed by atoms with Gasteiger partial charge in [0.1, 0.15) is 0 Å². The molecule has 170 valence electrons. The number of nitrogens with one attached hydrogen (secondary N) is 3. The van der Waals surface area contributed by atoms with Crippen LogP contribution in [0.5, 0.6) is 0 Å². The Bertz CT molecular complexity index is 1090. The number of urea groups is 1. The van der Waals surface area contributed by atoms with Crippen molar-refractivity contribution in [1.82, 2.24) is 20.2 Å². The fourth-order valence-electron chi connectivity index (χ4n) is 3.48. The van der Waals surface area contributed by atoms with E-state index in [4.69, 9.17) is 0 Å². The van der Waals surface area contributed by atoms with Gasteiger partial charge in [-0.05, 0) is 62.9 Å². The van der Waals surface area contributed by atoms with Crippen LogP contribution >= 0.6 is 0 Å². The largest absolute Gasteiger partial charge is 0.335 e. The number of anilines is 2. The summed E-state index contributed by atoms with van der Waals surface area (Å²) in [5.41, 5.74) is 1.15. The van der Waals surface area contributed by atoms with E-state index < -0.39 is 10.0 Å². The van der Waals surface area contributed by atoms with E-state index in [9.17, 15) is 18.0 Å². The van der Waals surface area contributed by atoms with Crippen LogP contribution in [0, 0.1) is 12.8 Å². The van der Waals surface area contributed by atoms with Crippen molar-refractivity contribution in [3.05, 3.63) is 42.2 Å². The molecule has 1 aromatic heterocycles. The maximum absolute atomic E-state index is 12.6. The Labute approximate surface area is 186 Å². The Kier molecular flexibility index (Phi) is 6.26. The van der Waals surface area contributed by atoms with Gasteiger partial charge >= 0.3 is 6.03 Å². The van der Waals surface area contributed by atoms with E-state index in [1.807, 2.05) is 0 Å².